The Hall–Kier alpha value is -3.39. The number of aromatic nitrogens is 7. The second-order valence-corrected chi connectivity index (χ2v) is 9.26. The molecule has 5 aromatic rings. The van der Waals surface area contributed by atoms with Crippen molar-refractivity contribution in [3.63, 3.8) is 0 Å². The number of benzene rings is 2. The molecule has 0 saturated heterocycles. The highest BCUT2D eigenvalue weighted by atomic mass is 35.5. The van der Waals surface area contributed by atoms with Crippen molar-refractivity contribution in [2.24, 2.45) is 0 Å². The first kappa shape index (κ1) is 25.7. The monoisotopic (exact) mass is 537 g/mol. The minimum atomic E-state index is 0.648. The maximum atomic E-state index is 6.24. The fourth-order valence-electron chi connectivity index (χ4n) is 3.70. The molecule has 0 atom stereocenters. The molecule has 0 radical (unpaired) electrons. The average molecular weight is 539 g/mol. The van der Waals surface area contributed by atoms with Gasteiger partial charge in [0, 0.05) is 21.2 Å². The zero-order chi connectivity index (χ0) is 25.8. The Labute approximate surface area is 224 Å². The predicted molar refractivity (Wildman–Crippen MR) is 144 cm³/mol. The molecule has 0 fully saturated rings. The fourth-order valence-corrected chi connectivity index (χ4v) is 4.24. The van der Waals surface area contributed by atoms with Crippen molar-refractivity contribution in [3.05, 3.63) is 99.0 Å². The molecule has 0 amide bonds. The molecule has 3 aromatic heterocycles. The first-order chi connectivity index (χ1) is 17.3. The van der Waals surface area contributed by atoms with E-state index < -0.39 is 0 Å². The quantitative estimate of drug-likeness (QED) is 0.244. The summed E-state index contributed by atoms with van der Waals surface area (Å²) in [6.07, 6.45) is 3.16. The van der Waals surface area contributed by atoms with Crippen molar-refractivity contribution in [2.75, 3.05) is 0 Å². The lowest BCUT2D eigenvalue weighted by molar-refractivity contribution is 0.832. The minimum absolute atomic E-state index is 0.648. The Kier molecular flexibility index (Phi) is 7.94. The van der Waals surface area contributed by atoms with Crippen LogP contribution in [0.5, 0.6) is 0 Å². The SMILES string of the molecule is Cc1nnc(C)c(-c2ccc(Cl)cc2)c1Cl.Cc1nnc(C)c(-n2cncn2)c1-c1ccc(Cl)cc1. The van der Waals surface area contributed by atoms with Crippen LogP contribution in [0, 0.1) is 27.7 Å². The number of rotatable bonds is 3. The first-order valence-electron chi connectivity index (χ1n) is 11.0. The minimum Gasteiger partial charge on any atom is -0.223 e. The number of aryl methyl sites for hydroxylation is 4. The topological polar surface area (TPSA) is 82.3 Å². The molecule has 3 heterocycles. The van der Waals surface area contributed by atoms with Gasteiger partial charge in [-0.25, -0.2) is 9.67 Å². The van der Waals surface area contributed by atoms with E-state index in [0.717, 1.165) is 50.7 Å². The molecule has 0 N–H and O–H groups in total. The molecule has 7 nitrogen and oxygen atoms in total. The van der Waals surface area contributed by atoms with E-state index >= 15 is 0 Å². The summed E-state index contributed by atoms with van der Waals surface area (Å²) in [4.78, 5) is 4.00. The van der Waals surface area contributed by atoms with Crippen LogP contribution in [-0.4, -0.2) is 35.2 Å². The third-order valence-corrected chi connectivity index (χ3v) is 6.42. The number of hydrogen-bond donors (Lipinski definition) is 0. The molecule has 0 bridgehead atoms. The smallest absolute Gasteiger partial charge is 0.138 e. The molecule has 0 aliphatic rings. The third-order valence-electron chi connectivity index (χ3n) is 5.45. The first-order valence-corrected chi connectivity index (χ1v) is 12.1. The summed E-state index contributed by atoms with van der Waals surface area (Å²) in [5.41, 5.74) is 8.01. The molecule has 5 rings (SSSR count). The second-order valence-electron chi connectivity index (χ2n) is 8.01. The second kappa shape index (κ2) is 11.1. The molecule has 0 aliphatic heterocycles. The van der Waals surface area contributed by atoms with E-state index in [9.17, 15) is 0 Å². The maximum Gasteiger partial charge on any atom is 0.138 e. The molecule has 0 unspecified atom stereocenters. The average Bonchev–Trinajstić information content (AvgIpc) is 3.40. The van der Waals surface area contributed by atoms with Crippen molar-refractivity contribution in [2.45, 2.75) is 27.7 Å². The summed E-state index contributed by atoms with van der Waals surface area (Å²) >= 11 is 18.0. The van der Waals surface area contributed by atoms with E-state index in [1.54, 1.807) is 11.0 Å². The van der Waals surface area contributed by atoms with Gasteiger partial charge in [0.25, 0.3) is 0 Å². The van der Waals surface area contributed by atoms with Crippen molar-refractivity contribution >= 4 is 34.8 Å². The fraction of sp³-hybridized carbons (Fsp3) is 0.154. The zero-order valence-electron chi connectivity index (χ0n) is 20.0. The van der Waals surface area contributed by atoms with Gasteiger partial charge in [-0.2, -0.15) is 25.5 Å². The van der Waals surface area contributed by atoms with Crippen LogP contribution in [0.25, 0.3) is 27.9 Å². The third kappa shape index (κ3) is 5.54. The van der Waals surface area contributed by atoms with Crippen molar-refractivity contribution < 1.29 is 0 Å². The van der Waals surface area contributed by atoms with Crippen LogP contribution in [-0.2, 0) is 0 Å². The Morgan fingerprint density at radius 2 is 1.06 bits per heavy atom. The number of nitrogens with zero attached hydrogens (tertiary/aromatic N) is 7. The van der Waals surface area contributed by atoms with Crippen molar-refractivity contribution in [1.29, 1.82) is 0 Å². The van der Waals surface area contributed by atoms with E-state index in [1.165, 1.54) is 6.33 Å². The van der Waals surface area contributed by atoms with Gasteiger partial charge in [-0.3, -0.25) is 0 Å². The van der Waals surface area contributed by atoms with Gasteiger partial charge in [0.1, 0.15) is 12.7 Å². The molecule has 0 spiro atoms. The van der Waals surface area contributed by atoms with E-state index in [1.807, 2.05) is 76.2 Å². The summed E-state index contributed by atoms with van der Waals surface area (Å²) in [7, 11) is 0. The number of halogens is 3. The normalized spacial score (nSPS) is 10.6. The van der Waals surface area contributed by atoms with Gasteiger partial charge < -0.3 is 0 Å². The summed E-state index contributed by atoms with van der Waals surface area (Å²) in [5.74, 6) is 0. The highest BCUT2D eigenvalue weighted by Gasteiger charge is 2.16. The Morgan fingerprint density at radius 1 is 0.583 bits per heavy atom. The molecule has 182 valence electrons. The summed E-state index contributed by atoms with van der Waals surface area (Å²) in [5, 5.41) is 22.7. The molecule has 36 heavy (non-hydrogen) atoms. The van der Waals surface area contributed by atoms with Crippen LogP contribution in [0.3, 0.4) is 0 Å². The van der Waals surface area contributed by atoms with Gasteiger partial charge in [-0.05, 0) is 63.1 Å². The highest BCUT2D eigenvalue weighted by Crippen LogP contribution is 2.32. The Morgan fingerprint density at radius 3 is 1.58 bits per heavy atom. The lowest BCUT2D eigenvalue weighted by atomic mass is 10.0. The highest BCUT2D eigenvalue weighted by molar-refractivity contribution is 6.34. The predicted octanol–water partition coefficient (Wildman–Crippen LogP) is 7.06. The summed E-state index contributed by atoms with van der Waals surface area (Å²) in [6.45, 7) is 7.57. The Balaban J connectivity index is 0.000000174. The lowest BCUT2D eigenvalue weighted by Crippen LogP contribution is -2.06. The van der Waals surface area contributed by atoms with Crippen LogP contribution >= 0.6 is 34.8 Å². The molecule has 10 heteroatoms. The van der Waals surface area contributed by atoms with Crippen molar-refractivity contribution in [1.82, 2.24) is 35.2 Å². The van der Waals surface area contributed by atoms with Gasteiger partial charge in [0.15, 0.2) is 0 Å². The van der Waals surface area contributed by atoms with Gasteiger partial charge in [-0.1, -0.05) is 59.1 Å². The van der Waals surface area contributed by atoms with Gasteiger partial charge in [0.05, 0.1) is 33.5 Å². The van der Waals surface area contributed by atoms with E-state index in [4.69, 9.17) is 34.8 Å². The van der Waals surface area contributed by atoms with Gasteiger partial charge >= 0.3 is 0 Å². The summed E-state index contributed by atoms with van der Waals surface area (Å²) < 4.78 is 1.71. The lowest BCUT2D eigenvalue weighted by Gasteiger charge is -2.13. The largest absolute Gasteiger partial charge is 0.223 e. The molecule has 0 saturated carbocycles. The van der Waals surface area contributed by atoms with Crippen molar-refractivity contribution in [3.8, 4) is 27.9 Å². The number of hydrogen-bond acceptors (Lipinski definition) is 6. The van der Waals surface area contributed by atoms with Crippen LogP contribution in [0.15, 0.2) is 61.2 Å². The molecular formula is C26H22Cl3N7. The standard InChI is InChI=1S/C14H12ClN5.C12H10Cl2N2/c1-9-13(11-3-5-12(15)6-4-11)14(10(2)19-18-9)20-8-16-7-17-20;1-7-11(12(14)8(2)16-15-7)9-3-5-10(13)6-4-9/h3-8H,1-2H3;3-6H,1-2H3. The van der Waals surface area contributed by atoms with Crippen LogP contribution < -0.4 is 0 Å². The van der Waals surface area contributed by atoms with Gasteiger partial charge in [-0.15, -0.1) is 0 Å². The molecule has 0 aliphatic carbocycles. The van der Waals surface area contributed by atoms with Crippen LogP contribution in [0.2, 0.25) is 15.1 Å². The van der Waals surface area contributed by atoms with Gasteiger partial charge in [0.2, 0.25) is 0 Å². The summed E-state index contributed by atoms with van der Waals surface area (Å²) in [6, 6.07) is 15.2. The molecule has 2 aromatic carbocycles. The van der Waals surface area contributed by atoms with E-state index in [-0.39, 0.29) is 0 Å². The van der Waals surface area contributed by atoms with E-state index in [2.05, 4.69) is 30.5 Å². The molecular weight excluding hydrogens is 517 g/mol. The maximum absolute atomic E-state index is 6.24. The van der Waals surface area contributed by atoms with Crippen LogP contribution in [0.4, 0.5) is 0 Å². The Bertz CT molecular complexity index is 1480. The van der Waals surface area contributed by atoms with Crippen LogP contribution in [0.1, 0.15) is 22.8 Å². The van der Waals surface area contributed by atoms with E-state index in [0.29, 0.717) is 15.1 Å². The zero-order valence-corrected chi connectivity index (χ0v) is 22.3.